The van der Waals surface area contributed by atoms with Crippen LogP contribution >= 0.6 is 23.1 Å². The predicted octanol–water partition coefficient (Wildman–Crippen LogP) is 3.05. The normalized spacial score (nSPS) is 19.5. The molecule has 0 bridgehead atoms. The summed E-state index contributed by atoms with van der Waals surface area (Å²) in [5.74, 6) is 1.22. The van der Waals surface area contributed by atoms with Crippen LogP contribution in [0.1, 0.15) is 5.01 Å². The van der Waals surface area contributed by atoms with Gasteiger partial charge >= 0.3 is 0 Å². The number of hydrogen-bond acceptors (Lipinski definition) is 5. The Bertz CT molecular complexity index is 618. The summed E-state index contributed by atoms with van der Waals surface area (Å²) in [4.78, 5) is 9.07. The summed E-state index contributed by atoms with van der Waals surface area (Å²) in [7, 11) is 0. The van der Waals surface area contributed by atoms with Gasteiger partial charge in [0.25, 0.3) is 0 Å². The van der Waals surface area contributed by atoms with Crippen molar-refractivity contribution >= 4 is 38.4 Å². The van der Waals surface area contributed by atoms with Gasteiger partial charge in [-0.25, -0.2) is 4.98 Å². The number of fused-ring (bicyclic) bond motifs is 1. The minimum atomic E-state index is 0.204. The van der Waals surface area contributed by atoms with Crippen molar-refractivity contribution in [3.8, 4) is 5.75 Å². The van der Waals surface area contributed by atoms with Crippen molar-refractivity contribution in [1.82, 2.24) is 4.98 Å². The number of benzene rings is 1. The molecule has 1 aliphatic heterocycles. The molecule has 0 spiro atoms. The highest BCUT2D eigenvalue weighted by Crippen LogP contribution is 2.31. The highest BCUT2D eigenvalue weighted by atomic mass is 32.2. The third-order valence-electron chi connectivity index (χ3n) is 2.50. The third-order valence-corrected chi connectivity index (χ3v) is 4.74. The fourth-order valence-corrected chi connectivity index (χ4v) is 3.74. The Balaban J connectivity index is 2.04. The number of aromatic nitrogens is 1. The van der Waals surface area contributed by atoms with Crippen LogP contribution in [0.5, 0.6) is 5.75 Å². The van der Waals surface area contributed by atoms with E-state index in [-0.39, 0.29) is 11.8 Å². The van der Waals surface area contributed by atoms with Crippen molar-refractivity contribution in [2.75, 3.05) is 5.75 Å². The molecule has 2 heterocycles. The summed E-state index contributed by atoms with van der Waals surface area (Å²) in [6.45, 7) is 3.75. The van der Waals surface area contributed by atoms with Crippen LogP contribution < -0.4 is 0 Å². The summed E-state index contributed by atoms with van der Waals surface area (Å²) in [6, 6.07) is 5.43. The van der Waals surface area contributed by atoms with Gasteiger partial charge in [-0.1, -0.05) is 6.08 Å². The molecule has 0 saturated carbocycles. The molecule has 0 amide bonds. The second kappa shape index (κ2) is 4.16. The number of aromatic hydroxyl groups is 1. The summed E-state index contributed by atoms with van der Waals surface area (Å²) in [5.41, 5.74) is 0.910. The van der Waals surface area contributed by atoms with E-state index in [1.54, 1.807) is 35.2 Å². The maximum atomic E-state index is 9.42. The van der Waals surface area contributed by atoms with E-state index < -0.39 is 0 Å². The smallest absolute Gasteiger partial charge is 0.149 e. The van der Waals surface area contributed by atoms with Crippen molar-refractivity contribution in [2.45, 2.75) is 6.04 Å². The molecule has 0 fully saturated rings. The molecule has 0 unspecified atom stereocenters. The third kappa shape index (κ3) is 1.96. The van der Waals surface area contributed by atoms with Gasteiger partial charge in [0.1, 0.15) is 15.8 Å². The Hall–Kier alpha value is -1.33. The maximum Gasteiger partial charge on any atom is 0.149 e. The fraction of sp³-hybridized carbons (Fsp3) is 0.167. The topological polar surface area (TPSA) is 45.5 Å². The number of phenols is 1. The van der Waals surface area contributed by atoms with Gasteiger partial charge in [0.05, 0.1) is 16.3 Å². The van der Waals surface area contributed by atoms with E-state index in [0.717, 1.165) is 26.0 Å². The van der Waals surface area contributed by atoms with Crippen LogP contribution in [0.25, 0.3) is 10.2 Å². The van der Waals surface area contributed by atoms with E-state index in [2.05, 4.69) is 16.6 Å². The first kappa shape index (κ1) is 10.8. The molecule has 5 heteroatoms. The molecule has 0 aliphatic carbocycles. The fourth-order valence-electron chi connectivity index (χ4n) is 1.63. The zero-order chi connectivity index (χ0) is 11.8. The Morgan fingerprint density at radius 2 is 2.35 bits per heavy atom. The van der Waals surface area contributed by atoms with Gasteiger partial charge in [-0.3, -0.25) is 4.99 Å². The van der Waals surface area contributed by atoms with Gasteiger partial charge in [0, 0.05) is 5.75 Å². The lowest BCUT2D eigenvalue weighted by Gasteiger charge is -1.91. The van der Waals surface area contributed by atoms with Crippen molar-refractivity contribution in [3.63, 3.8) is 0 Å². The standard InChI is InChI=1S/C12H10N2OS2/c1-2-7-6-16-11(13-7)12-14-9-4-3-8(15)5-10(9)17-12/h2-5,7,15H,1,6H2/t7-/m0/s1. The molecule has 86 valence electrons. The van der Waals surface area contributed by atoms with Crippen LogP contribution in [0.15, 0.2) is 35.8 Å². The molecule has 17 heavy (non-hydrogen) atoms. The van der Waals surface area contributed by atoms with E-state index in [1.165, 1.54) is 0 Å². The average Bonchev–Trinajstić information content (AvgIpc) is 2.93. The van der Waals surface area contributed by atoms with Crippen LogP contribution in [-0.4, -0.2) is 26.9 Å². The molecule has 1 N–H and O–H groups in total. The lowest BCUT2D eigenvalue weighted by molar-refractivity contribution is 0.476. The zero-order valence-electron chi connectivity index (χ0n) is 8.96. The number of hydrogen-bond donors (Lipinski definition) is 1. The highest BCUT2D eigenvalue weighted by molar-refractivity contribution is 8.15. The van der Waals surface area contributed by atoms with Gasteiger partial charge in [-0.2, -0.15) is 0 Å². The first-order chi connectivity index (χ1) is 8.26. The van der Waals surface area contributed by atoms with Gasteiger partial charge < -0.3 is 5.11 Å². The van der Waals surface area contributed by atoms with Crippen molar-refractivity contribution in [3.05, 3.63) is 35.9 Å². The molecule has 1 atom stereocenters. The number of phenolic OH excluding ortho intramolecular Hbond substituents is 1. The summed E-state index contributed by atoms with van der Waals surface area (Å²) < 4.78 is 0.991. The Kier molecular flexibility index (Phi) is 2.64. The maximum absolute atomic E-state index is 9.42. The van der Waals surface area contributed by atoms with E-state index in [0.29, 0.717) is 0 Å². The van der Waals surface area contributed by atoms with Crippen molar-refractivity contribution < 1.29 is 5.11 Å². The van der Waals surface area contributed by atoms with E-state index >= 15 is 0 Å². The van der Waals surface area contributed by atoms with Gasteiger partial charge in [-0.05, 0) is 18.2 Å². The number of rotatable bonds is 2. The first-order valence-corrected chi connectivity index (χ1v) is 6.99. The minimum absolute atomic E-state index is 0.204. The molecular formula is C12H10N2OS2. The largest absolute Gasteiger partial charge is 0.508 e. The lowest BCUT2D eigenvalue weighted by atomic mass is 10.3. The van der Waals surface area contributed by atoms with Crippen LogP contribution in [0.3, 0.4) is 0 Å². The summed E-state index contributed by atoms with van der Waals surface area (Å²) >= 11 is 3.28. The zero-order valence-corrected chi connectivity index (χ0v) is 10.6. The van der Waals surface area contributed by atoms with Crippen molar-refractivity contribution in [1.29, 1.82) is 0 Å². The Labute approximate surface area is 107 Å². The van der Waals surface area contributed by atoms with Crippen LogP contribution in [0.4, 0.5) is 0 Å². The number of thiazole rings is 1. The molecule has 3 nitrogen and oxygen atoms in total. The lowest BCUT2D eigenvalue weighted by Crippen LogP contribution is -1.95. The SMILES string of the molecule is C=C[C@H]1CSC(c2nc3ccc(O)cc3s2)=N1. The van der Waals surface area contributed by atoms with Gasteiger partial charge in [0.2, 0.25) is 0 Å². The van der Waals surface area contributed by atoms with Crippen LogP contribution in [-0.2, 0) is 0 Å². The van der Waals surface area contributed by atoms with Crippen molar-refractivity contribution in [2.24, 2.45) is 4.99 Å². The van der Waals surface area contributed by atoms with E-state index in [4.69, 9.17) is 0 Å². The second-order valence-electron chi connectivity index (χ2n) is 3.72. The molecule has 0 radical (unpaired) electrons. The highest BCUT2D eigenvalue weighted by Gasteiger charge is 2.19. The van der Waals surface area contributed by atoms with Gasteiger partial charge in [0.15, 0.2) is 0 Å². The first-order valence-electron chi connectivity index (χ1n) is 5.19. The molecule has 1 aliphatic rings. The number of aliphatic imine (C=N–C) groups is 1. The van der Waals surface area contributed by atoms with E-state index in [1.807, 2.05) is 12.1 Å². The van der Waals surface area contributed by atoms with Crippen LogP contribution in [0.2, 0.25) is 0 Å². The number of thioether (sulfide) groups is 1. The quantitative estimate of drug-likeness (QED) is 0.846. The Morgan fingerprint density at radius 1 is 1.47 bits per heavy atom. The molecule has 0 saturated heterocycles. The van der Waals surface area contributed by atoms with Crippen LogP contribution in [0, 0.1) is 0 Å². The Morgan fingerprint density at radius 3 is 3.12 bits per heavy atom. The van der Waals surface area contributed by atoms with Gasteiger partial charge in [-0.15, -0.1) is 29.7 Å². The molecule has 1 aromatic heterocycles. The summed E-state index contributed by atoms with van der Waals surface area (Å²) in [6.07, 6.45) is 1.86. The minimum Gasteiger partial charge on any atom is -0.508 e. The predicted molar refractivity (Wildman–Crippen MR) is 74.3 cm³/mol. The molecule has 3 rings (SSSR count). The monoisotopic (exact) mass is 262 g/mol. The molecule has 2 aromatic rings. The van der Waals surface area contributed by atoms with E-state index in [9.17, 15) is 5.11 Å². The average molecular weight is 262 g/mol. The molecular weight excluding hydrogens is 252 g/mol. The summed E-state index contributed by atoms with van der Waals surface area (Å²) in [5, 5.41) is 11.3. The number of nitrogens with zero attached hydrogens (tertiary/aromatic N) is 2. The molecule has 1 aromatic carbocycles. The second-order valence-corrected chi connectivity index (χ2v) is 5.76.